The molecule has 4 nitrogen and oxygen atoms in total. The molecule has 162 valence electrons. The molecule has 30 heavy (non-hydrogen) atoms. The Morgan fingerprint density at radius 3 is 2.07 bits per heavy atom. The quantitative estimate of drug-likeness (QED) is 0.538. The maximum absolute atomic E-state index is 14.2. The molecule has 0 spiro atoms. The van der Waals surface area contributed by atoms with E-state index in [1.54, 1.807) is 25.1 Å². The monoisotopic (exact) mass is 472 g/mol. The minimum absolute atomic E-state index is 0.00148. The number of hydrogen-bond acceptors (Lipinski definition) is 2. The van der Waals surface area contributed by atoms with Crippen molar-refractivity contribution in [3.8, 4) is 0 Å². The van der Waals surface area contributed by atoms with E-state index in [1.807, 2.05) is 13.8 Å². The third-order valence-electron chi connectivity index (χ3n) is 4.95. The molecule has 1 N–H and O–H groups in total. The first-order valence-electron chi connectivity index (χ1n) is 9.61. The molecule has 0 fully saturated rings. The lowest BCUT2D eigenvalue weighted by atomic mass is 10.1. The van der Waals surface area contributed by atoms with Crippen LogP contribution in [0.2, 0.25) is 15.1 Å². The zero-order valence-corrected chi connectivity index (χ0v) is 19.3. The van der Waals surface area contributed by atoms with E-state index in [9.17, 15) is 14.0 Å². The molecule has 2 rings (SSSR count). The standard InChI is InChI=1S/C22H24Cl3FN2O2/c1-4-13(2)27-22(30)14(3)28(12-16-18(24)7-5-8-19(16)25)21(29)11-15-17(23)9-6-10-20(15)26/h5-10,13-14H,4,11-12H2,1-3H3,(H,27,30)/t13-,14+/m1/s1. The molecule has 0 bridgehead atoms. The van der Waals surface area contributed by atoms with E-state index < -0.39 is 17.8 Å². The summed E-state index contributed by atoms with van der Waals surface area (Å²) in [5.41, 5.74) is 0.589. The van der Waals surface area contributed by atoms with Gasteiger partial charge in [-0.3, -0.25) is 9.59 Å². The van der Waals surface area contributed by atoms with Gasteiger partial charge in [0.05, 0.1) is 6.42 Å². The summed E-state index contributed by atoms with van der Waals surface area (Å²) in [5.74, 6) is -1.37. The maximum Gasteiger partial charge on any atom is 0.242 e. The summed E-state index contributed by atoms with van der Waals surface area (Å²) in [4.78, 5) is 27.3. The third kappa shape index (κ3) is 6.10. The van der Waals surface area contributed by atoms with Gasteiger partial charge in [0, 0.05) is 38.8 Å². The highest BCUT2D eigenvalue weighted by Gasteiger charge is 2.29. The van der Waals surface area contributed by atoms with Gasteiger partial charge in [0.2, 0.25) is 11.8 Å². The van der Waals surface area contributed by atoms with Gasteiger partial charge in [-0.15, -0.1) is 0 Å². The zero-order valence-electron chi connectivity index (χ0n) is 17.0. The van der Waals surface area contributed by atoms with Gasteiger partial charge in [-0.05, 0) is 44.5 Å². The van der Waals surface area contributed by atoms with E-state index >= 15 is 0 Å². The fourth-order valence-corrected chi connectivity index (χ4v) is 3.60. The predicted molar refractivity (Wildman–Crippen MR) is 119 cm³/mol. The van der Waals surface area contributed by atoms with Crippen LogP contribution in [0.3, 0.4) is 0 Å². The van der Waals surface area contributed by atoms with Crippen molar-refractivity contribution in [2.45, 2.75) is 52.2 Å². The smallest absolute Gasteiger partial charge is 0.242 e. The molecule has 0 unspecified atom stereocenters. The van der Waals surface area contributed by atoms with Gasteiger partial charge >= 0.3 is 0 Å². The third-order valence-corrected chi connectivity index (χ3v) is 6.01. The van der Waals surface area contributed by atoms with Crippen LogP contribution in [-0.4, -0.2) is 28.8 Å². The number of halogens is 4. The molecule has 0 saturated carbocycles. The number of rotatable bonds is 8. The van der Waals surface area contributed by atoms with Crippen LogP contribution in [-0.2, 0) is 22.6 Å². The lowest BCUT2D eigenvalue weighted by molar-refractivity contribution is -0.140. The molecule has 2 aromatic rings. The highest BCUT2D eigenvalue weighted by atomic mass is 35.5. The van der Waals surface area contributed by atoms with Crippen LogP contribution in [0.25, 0.3) is 0 Å². The van der Waals surface area contributed by atoms with E-state index in [-0.39, 0.29) is 35.5 Å². The van der Waals surface area contributed by atoms with E-state index in [1.165, 1.54) is 23.1 Å². The van der Waals surface area contributed by atoms with Gasteiger partial charge in [-0.1, -0.05) is 53.9 Å². The van der Waals surface area contributed by atoms with Crippen LogP contribution in [0.1, 0.15) is 38.3 Å². The van der Waals surface area contributed by atoms with Gasteiger partial charge in [0.25, 0.3) is 0 Å². The maximum atomic E-state index is 14.2. The van der Waals surface area contributed by atoms with Crippen molar-refractivity contribution in [2.75, 3.05) is 0 Å². The van der Waals surface area contributed by atoms with Crippen LogP contribution in [0.5, 0.6) is 0 Å². The molecular weight excluding hydrogens is 450 g/mol. The van der Waals surface area contributed by atoms with Gasteiger partial charge in [-0.2, -0.15) is 0 Å². The molecular formula is C22H24Cl3FN2O2. The number of carbonyl (C=O) groups excluding carboxylic acids is 2. The molecule has 0 aliphatic rings. The number of nitrogens with zero attached hydrogens (tertiary/aromatic N) is 1. The SMILES string of the molecule is CC[C@@H](C)NC(=O)[C@H](C)N(Cc1c(Cl)cccc1Cl)C(=O)Cc1c(F)cccc1Cl. The van der Waals surface area contributed by atoms with Gasteiger partial charge in [0.15, 0.2) is 0 Å². The first kappa shape index (κ1) is 24.4. The van der Waals surface area contributed by atoms with Crippen molar-refractivity contribution >= 4 is 46.6 Å². The lowest BCUT2D eigenvalue weighted by Gasteiger charge is -2.30. The van der Waals surface area contributed by atoms with E-state index in [0.717, 1.165) is 6.42 Å². The van der Waals surface area contributed by atoms with Crippen molar-refractivity contribution in [1.82, 2.24) is 10.2 Å². The first-order valence-corrected chi connectivity index (χ1v) is 10.7. The van der Waals surface area contributed by atoms with Crippen molar-refractivity contribution < 1.29 is 14.0 Å². The van der Waals surface area contributed by atoms with Crippen LogP contribution in [0.4, 0.5) is 4.39 Å². The zero-order chi connectivity index (χ0) is 22.4. The molecule has 2 amide bonds. The Bertz CT molecular complexity index is 883. The molecule has 0 heterocycles. The molecule has 0 aliphatic heterocycles. The summed E-state index contributed by atoms with van der Waals surface area (Å²) in [5, 5.41) is 3.76. The Labute approximate surface area is 191 Å². The summed E-state index contributed by atoms with van der Waals surface area (Å²) in [7, 11) is 0. The van der Waals surface area contributed by atoms with Crippen molar-refractivity contribution in [3.63, 3.8) is 0 Å². The van der Waals surface area contributed by atoms with Gasteiger partial charge in [-0.25, -0.2) is 4.39 Å². The van der Waals surface area contributed by atoms with Crippen LogP contribution >= 0.6 is 34.8 Å². The summed E-state index contributed by atoms with van der Waals surface area (Å²) < 4.78 is 14.2. The fraction of sp³-hybridized carbons (Fsp3) is 0.364. The van der Waals surface area contributed by atoms with Gasteiger partial charge < -0.3 is 10.2 Å². The van der Waals surface area contributed by atoms with Crippen molar-refractivity contribution in [2.24, 2.45) is 0 Å². The minimum Gasteiger partial charge on any atom is -0.352 e. The molecule has 0 aromatic heterocycles. The number of carbonyl (C=O) groups is 2. The summed E-state index contributed by atoms with van der Waals surface area (Å²) in [6.45, 7) is 5.44. The highest BCUT2D eigenvalue weighted by molar-refractivity contribution is 6.36. The van der Waals surface area contributed by atoms with Gasteiger partial charge in [0.1, 0.15) is 11.9 Å². The number of amides is 2. The Kier molecular flexibility index (Phi) is 8.95. The molecule has 0 radical (unpaired) electrons. The average Bonchev–Trinajstić information content (AvgIpc) is 2.69. The second-order valence-corrected chi connectivity index (χ2v) is 8.31. The number of benzene rings is 2. The Balaban J connectivity index is 2.37. The Morgan fingerprint density at radius 1 is 1.00 bits per heavy atom. The van der Waals surface area contributed by atoms with E-state index in [0.29, 0.717) is 15.6 Å². The Hall–Kier alpha value is -1.82. The van der Waals surface area contributed by atoms with Crippen molar-refractivity contribution in [3.05, 3.63) is 68.4 Å². The summed E-state index contributed by atoms with van der Waals surface area (Å²) in [6, 6.07) is 8.34. The average molecular weight is 474 g/mol. The largest absolute Gasteiger partial charge is 0.352 e. The predicted octanol–water partition coefficient (Wildman–Crippen LogP) is 5.66. The summed E-state index contributed by atoms with van der Waals surface area (Å²) in [6.07, 6.45) is 0.447. The molecule has 2 aromatic carbocycles. The van der Waals surface area contributed by atoms with E-state index in [2.05, 4.69) is 5.32 Å². The van der Waals surface area contributed by atoms with Crippen molar-refractivity contribution in [1.29, 1.82) is 0 Å². The van der Waals surface area contributed by atoms with Crippen LogP contribution in [0.15, 0.2) is 36.4 Å². The van der Waals surface area contributed by atoms with Crippen LogP contribution < -0.4 is 5.32 Å². The number of nitrogens with one attached hydrogen (secondary N) is 1. The molecule has 0 saturated heterocycles. The second kappa shape index (κ2) is 11.0. The first-order chi connectivity index (χ1) is 14.1. The lowest BCUT2D eigenvalue weighted by Crippen LogP contribution is -2.50. The highest BCUT2D eigenvalue weighted by Crippen LogP contribution is 2.27. The van der Waals surface area contributed by atoms with E-state index in [4.69, 9.17) is 34.8 Å². The number of hydrogen-bond donors (Lipinski definition) is 1. The molecule has 2 atom stereocenters. The Morgan fingerprint density at radius 2 is 1.53 bits per heavy atom. The topological polar surface area (TPSA) is 49.4 Å². The second-order valence-electron chi connectivity index (χ2n) is 7.09. The fourth-order valence-electron chi connectivity index (χ4n) is 2.86. The minimum atomic E-state index is -0.829. The molecule has 8 heteroatoms. The summed E-state index contributed by atoms with van der Waals surface area (Å²) >= 11 is 18.6. The van der Waals surface area contributed by atoms with Crippen LogP contribution in [0, 0.1) is 5.82 Å². The molecule has 0 aliphatic carbocycles. The normalized spacial score (nSPS) is 12.9.